The smallest absolute Gasteiger partial charge is 0.243 e. The van der Waals surface area contributed by atoms with E-state index in [1.54, 1.807) is 24.4 Å². The molecule has 7 heteroatoms. The molecule has 126 valence electrons. The highest BCUT2D eigenvalue weighted by Crippen LogP contribution is 2.28. The van der Waals surface area contributed by atoms with Crippen LogP contribution in [0.5, 0.6) is 5.75 Å². The summed E-state index contributed by atoms with van der Waals surface area (Å²) < 4.78 is 10.9. The molecule has 2 N–H and O–H groups in total. The molecular weight excluding hydrogens is 330 g/mol. The molecule has 1 amide bonds. The van der Waals surface area contributed by atoms with E-state index in [1.165, 1.54) is 0 Å². The topological polar surface area (TPSA) is 72.5 Å². The predicted molar refractivity (Wildman–Crippen MR) is 91.3 cm³/mol. The molecule has 0 saturated carbocycles. The number of anilines is 1. The number of carbonyl (C=O) groups excluding carboxylic acids is 1. The van der Waals surface area contributed by atoms with E-state index in [0.29, 0.717) is 42.8 Å². The summed E-state index contributed by atoms with van der Waals surface area (Å²) in [6.07, 6.45) is 1.71. The van der Waals surface area contributed by atoms with E-state index in [1.807, 2.05) is 18.2 Å². The number of morpholine rings is 1. The van der Waals surface area contributed by atoms with Gasteiger partial charge in [0.25, 0.3) is 0 Å². The number of benzene rings is 1. The van der Waals surface area contributed by atoms with Gasteiger partial charge in [-0.25, -0.2) is 0 Å². The Balaban J connectivity index is 1.58. The second-order valence-electron chi connectivity index (χ2n) is 5.33. The Kier molecular flexibility index (Phi) is 5.63. The van der Waals surface area contributed by atoms with Crippen LogP contribution in [0.15, 0.2) is 42.6 Å². The van der Waals surface area contributed by atoms with Gasteiger partial charge >= 0.3 is 0 Å². The summed E-state index contributed by atoms with van der Waals surface area (Å²) in [5, 5.41) is 6.35. The first kappa shape index (κ1) is 16.7. The minimum Gasteiger partial charge on any atom is -0.486 e. The van der Waals surface area contributed by atoms with Crippen LogP contribution >= 0.6 is 11.6 Å². The van der Waals surface area contributed by atoms with Gasteiger partial charge in [-0.2, -0.15) is 0 Å². The van der Waals surface area contributed by atoms with E-state index >= 15 is 0 Å². The van der Waals surface area contributed by atoms with Crippen LogP contribution in [0.3, 0.4) is 0 Å². The van der Waals surface area contributed by atoms with Crippen molar-refractivity contribution in [2.24, 2.45) is 0 Å². The van der Waals surface area contributed by atoms with E-state index in [0.717, 1.165) is 5.69 Å². The largest absolute Gasteiger partial charge is 0.486 e. The van der Waals surface area contributed by atoms with Crippen molar-refractivity contribution < 1.29 is 14.3 Å². The molecule has 0 spiro atoms. The lowest BCUT2D eigenvalue weighted by molar-refractivity contribution is -0.120. The molecule has 0 bridgehead atoms. The summed E-state index contributed by atoms with van der Waals surface area (Å²) >= 11 is 6.23. The lowest BCUT2D eigenvalue weighted by Crippen LogP contribution is -2.48. The normalized spacial score (nSPS) is 17.3. The quantitative estimate of drug-likeness (QED) is 0.868. The molecule has 6 nitrogen and oxygen atoms in total. The number of aromatic nitrogens is 1. The Bertz CT molecular complexity index is 691. The standard InChI is InChI=1S/C17H18ClN3O3/c18-14-9-12(21-17(22)15-11-23-8-7-20-15)4-5-16(14)24-10-13-3-1-2-6-19-13/h1-6,9,15,20H,7-8,10-11H2,(H,21,22). The zero-order valence-electron chi connectivity index (χ0n) is 13.0. The molecule has 1 aliphatic rings. The van der Waals surface area contributed by atoms with Crippen molar-refractivity contribution >= 4 is 23.2 Å². The third kappa shape index (κ3) is 4.44. The first-order chi connectivity index (χ1) is 11.7. The van der Waals surface area contributed by atoms with E-state index < -0.39 is 0 Å². The molecule has 1 unspecified atom stereocenters. The van der Waals surface area contributed by atoms with Gasteiger partial charge in [-0.1, -0.05) is 17.7 Å². The van der Waals surface area contributed by atoms with Crippen LogP contribution in [-0.2, 0) is 16.1 Å². The second-order valence-corrected chi connectivity index (χ2v) is 5.73. The SMILES string of the molecule is O=C(Nc1ccc(OCc2ccccn2)c(Cl)c1)C1COCCN1. The molecule has 1 fully saturated rings. The van der Waals surface area contributed by atoms with Crippen LogP contribution in [0.2, 0.25) is 5.02 Å². The van der Waals surface area contributed by atoms with Crippen molar-refractivity contribution in [3.8, 4) is 5.75 Å². The fourth-order valence-corrected chi connectivity index (χ4v) is 2.53. The molecule has 1 atom stereocenters. The summed E-state index contributed by atoms with van der Waals surface area (Å²) in [7, 11) is 0. The first-order valence-electron chi connectivity index (χ1n) is 7.66. The minimum absolute atomic E-state index is 0.145. The first-order valence-corrected chi connectivity index (χ1v) is 8.04. The number of ether oxygens (including phenoxy) is 2. The number of amides is 1. The summed E-state index contributed by atoms with van der Waals surface area (Å²) in [5.41, 5.74) is 1.43. The number of hydrogen-bond donors (Lipinski definition) is 2. The average molecular weight is 348 g/mol. The zero-order valence-corrected chi connectivity index (χ0v) is 13.8. The molecule has 1 saturated heterocycles. The highest BCUT2D eigenvalue weighted by Gasteiger charge is 2.21. The second kappa shape index (κ2) is 8.10. The lowest BCUT2D eigenvalue weighted by Gasteiger charge is -2.23. The highest BCUT2D eigenvalue weighted by molar-refractivity contribution is 6.32. The van der Waals surface area contributed by atoms with E-state index in [4.69, 9.17) is 21.1 Å². The Labute approximate surface area is 145 Å². The van der Waals surface area contributed by atoms with E-state index in [2.05, 4.69) is 15.6 Å². The van der Waals surface area contributed by atoms with Crippen LogP contribution in [0.1, 0.15) is 5.69 Å². The van der Waals surface area contributed by atoms with Crippen molar-refractivity contribution in [2.45, 2.75) is 12.6 Å². The number of halogens is 1. The van der Waals surface area contributed by atoms with Crippen LogP contribution < -0.4 is 15.4 Å². The Morgan fingerprint density at radius 1 is 1.42 bits per heavy atom. The van der Waals surface area contributed by atoms with Gasteiger partial charge < -0.3 is 20.1 Å². The Morgan fingerprint density at radius 2 is 2.33 bits per heavy atom. The van der Waals surface area contributed by atoms with Gasteiger partial charge in [0.1, 0.15) is 18.4 Å². The van der Waals surface area contributed by atoms with Gasteiger partial charge in [0.2, 0.25) is 5.91 Å². The van der Waals surface area contributed by atoms with Crippen LogP contribution in [-0.4, -0.2) is 36.7 Å². The van der Waals surface area contributed by atoms with Crippen LogP contribution in [0.4, 0.5) is 5.69 Å². The van der Waals surface area contributed by atoms with Gasteiger partial charge in [0.15, 0.2) is 0 Å². The number of pyridine rings is 1. The molecule has 3 rings (SSSR count). The Hall–Kier alpha value is -2.15. The van der Waals surface area contributed by atoms with Gasteiger partial charge in [0, 0.05) is 18.4 Å². The number of carbonyl (C=O) groups is 1. The molecule has 1 aliphatic heterocycles. The monoisotopic (exact) mass is 347 g/mol. The van der Waals surface area contributed by atoms with Gasteiger partial charge in [0.05, 0.1) is 23.9 Å². The van der Waals surface area contributed by atoms with E-state index in [9.17, 15) is 4.79 Å². The maximum Gasteiger partial charge on any atom is 0.243 e. The van der Waals surface area contributed by atoms with E-state index in [-0.39, 0.29) is 11.9 Å². The molecule has 0 aliphatic carbocycles. The fourth-order valence-electron chi connectivity index (χ4n) is 2.29. The van der Waals surface area contributed by atoms with Gasteiger partial charge in [-0.3, -0.25) is 9.78 Å². The van der Waals surface area contributed by atoms with Crippen molar-refractivity contribution in [3.63, 3.8) is 0 Å². The third-order valence-corrected chi connectivity index (χ3v) is 3.83. The minimum atomic E-state index is -0.349. The molecule has 24 heavy (non-hydrogen) atoms. The molecule has 2 aromatic rings. The van der Waals surface area contributed by atoms with Crippen LogP contribution in [0.25, 0.3) is 0 Å². The predicted octanol–water partition coefficient (Wildman–Crippen LogP) is 2.24. The van der Waals surface area contributed by atoms with Gasteiger partial charge in [-0.05, 0) is 30.3 Å². The summed E-state index contributed by atoms with van der Waals surface area (Å²) in [6, 6.07) is 10.4. The molecular formula is C17H18ClN3O3. The highest BCUT2D eigenvalue weighted by atomic mass is 35.5. The number of nitrogens with zero attached hydrogens (tertiary/aromatic N) is 1. The maximum absolute atomic E-state index is 12.1. The lowest BCUT2D eigenvalue weighted by atomic mass is 10.2. The zero-order chi connectivity index (χ0) is 16.8. The number of hydrogen-bond acceptors (Lipinski definition) is 5. The molecule has 1 aromatic heterocycles. The van der Waals surface area contributed by atoms with Crippen molar-refractivity contribution in [1.29, 1.82) is 0 Å². The maximum atomic E-state index is 12.1. The summed E-state index contributed by atoms with van der Waals surface area (Å²) in [5.74, 6) is 0.396. The average Bonchev–Trinajstić information content (AvgIpc) is 2.62. The number of nitrogens with one attached hydrogen (secondary N) is 2. The molecule has 1 aromatic carbocycles. The van der Waals surface area contributed by atoms with Crippen LogP contribution in [0, 0.1) is 0 Å². The molecule has 0 radical (unpaired) electrons. The molecule has 2 heterocycles. The van der Waals surface area contributed by atoms with Crippen molar-refractivity contribution in [2.75, 3.05) is 25.1 Å². The number of rotatable bonds is 5. The third-order valence-electron chi connectivity index (χ3n) is 3.54. The Morgan fingerprint density at radius 3 is 3.04 bits per heavy atom. The summed E-state index contributed by atoms with van der Waals surface area (Å²) in [6.45, 7) is 1.98. The van der Waals surface area contributed by atoms with Crippen molar-refractivity contribution in [1.82, 2.24) is 10.3 Å². The summed E-state index contributed by atoms with van der Waals surface area (Å²) in [4.78, 5) is 16.3. The van der Waals surface area contributed by atoms with Crippen molar-refractivity contribution in [3.05, 3.63) is 53.3 Å². The fraction of sp³-hybridized carbons (Fsp3) is 0.294. The van der Waals surface area contributed by atoms with Gasteiger partial charge in [-0.15, -0.1) is 0 Å².